The molecule has 0 radical (unpaired) electrons. The zero-order valence-electron chi connectivity index (χ0n) is 19.9. The Kier molecular flexibility index (Phi) is 7.17. The van der Waals surface area contributed by atoms with Crippen LogP contribution in [0.3, 0.4) is 0 Å². The molecule has 3 heterocycles. The molecule has 1 aliphatic heterocycles. The number of methoxy groups -OCH3 is 2. The molecule has 0 bridgehead atoms. The van der Waals surface area contributed by atoms with Gasteiger partial charge in [-0.3, -0.25) is 9.78 Å². The van der Waals surface area contributed by atoms with Crippen molar-refractivity contribution in [3.8, 4) is 11.4 Å². The number of hydrogen-bond donors (Lipinski definition) is 1. The van der Waals surface area contributed by atoms with E-state index >= 15 is 0 Å². The molecule has 0 amide bonds. The maximum absolute atomic E-state index is 11.7. The van der Waals surface area contributed by atoms with Crippen LogP contribution in [0.25, 0.3) is 5.69 Å². The zero-order valence-corrected chi connectivity index (χ0v) is 20.8. The number of ether oxygens (including phenoxy) is 2. The van der Waals surface area contributed by atoms with Crippen molar-refractivity contribution in [2.75, 3.05) is 20.8 Å². The number of nitrogens with one attached hydrogen (secondary N) is 1. The lowest BCUT2D eigenvalue weighted by molar-refractivity contribution is -0.140. The van der Waals surface area contributed by atoms with Gasteiger partial charge in [0.05, 0.1) is 32.0 Å². The van der Waals surface area contributed by atoms with E-state index in [0.29, 0.717) is 24.5 Å². The average molecular weight is 479 g/mol. The predicted molar refractivity (Wildman–Crippen MR) is 135 cm³/mol. The van der Waals surface area contributed by atoms with Crippen molar-refractivity contribution in [1.29, 1.82) is 0 Å². The van der Waals surface area contributed by atoms with Gasteiger partial charge in [0.1, 0.15) is 5.75 Å². The minimum absolute atomic E-state index is 0.0572. The first kappa shape index (κ1) is 23.8. The molecule has 0 saturated carbocycles. The first-order valence-corrected chi connectivity index (χ1v) is 11.7. The highest BCUT2D eigenvalue weighted by Crippen LogP contribution is 2.41. The van der Waals surface area contributed by atoms with Gasteiger partial charge in [0, 0.05) is 36.2 Å². The molecule has 34 heavy (non-hydrogen) atoms. The second-order valence-electron chi connectivity index (χ2n) is 8.36. The van der Waals surface area contributed by atoms with Gasteiger partial charge in [0.25, 0.3) is 0 Å². The number of aryl methyl sites for hydroxylation is 1. The smallest absolute Gasteiger partial charge is 0.305 e. The summed E-state index contributed by atoms with van der Waals surface area (Å²) in [5.74, 6) is 0.609. The number of carbonyl (C=O) groups is 1. The van der Waals surface area contributed by atoms with Crippen LogP contribution in [-0.2, 0) is 9.53 Å². The van der Waals surface area contributed by atoms with Crippen molar-refractivity contribution in [2.45, 2.75) is 38.8 Å². The molecule has 0 aliphatic carbocycles. The number of pyridine rings is 1. The molecule has 1 fully saturated rings. The van der Waals surface area contributed by atoms with Gasteiger partial charge >= 0.3 is 5.97 Å². The van der Waals surface area contributed by atoms with Crippen LogP contribution in [0.5, 0.6) is 5.75 Å². The van der Waals surface area contributed by atoms with E-state index in [0.717, 1.165) is 28.5 Å². The molecule has 0 spiro atoms. The molecule has 7 nitrogen and oxygen atoms in total. The number of thiocarbonyl (C=S) groups is 1. The van der Waals surface area contributed by atoms with Gasteiger partial charge in [-0.05, 0) is 80.5 Å². The van der Waals surface area contributed by atoms with Crippen molar-refractivity contribution in [3.05, 3.63) is 77.4 Å². The van der Waals surface area contributed by atoms with Gasteiger partial charge in [-0.2, -0.15) is 0 Å². The van der Waals surface area contributed by atoms with Gasteiger partial charge in [0.2, 0.25) is 0 Å². The number of carbonyl (C=O) groups excluding carboxylic acids is 1. The van der Waals surface area contributed by atoms with E-state index in [9.17, 15) is 4.79 Å². The van der Waals surface area contributed by atoms with Gasteiger partial charge in [-0.25, -0.2) is 0 Å². The molecule has 1 saturated heterocycles. The lowest BCUT2D eigenvalue weighted by Gasteiger charge is -2.28. The van der Waals surface area contributed by atoms with E-state index < -0.39 is 0 Å². The normalized spacial score (nSPS) is 17.5. The van der Waals surface area contributed by atoms with Crippen molar-refractivity contribution in [1.82, 2.24) is 19.8 Å². The molecular weight excluding hydrogens is 448 g/mol. The largest absolute Gasteiger partial charge is 0.497 e. The van der Waals surface area contributed by atoms with E-state index in [1.165, 1.54) is 12.7 Å². The summed E-state index contributed by atoms with van der Waals surface area (Å²) < 4.78 is 12.4. The van der Waals surface area contributed by atoms with Crippen LogP contribution in [0.1, 0.15) is 47.6 Å². The summed E-state index contributed by atoms with van der Waals surface area (Å²) in [7, 11) is 3.08. The monoisotopic (exact) mass is 478 g/mol. The summed E-state index contributed by atoms with van der Waals surface area (Å²) in [6.45, 7) is 4.88. The van der Waals surface area contributed by atoms with Crippen LogP contribution in [0.4, 0.5) is 0 Å². The highest BCUT2D eigenvalue weighted by atomic mass is 32.1. The second kappa shape index (κ2) is 10.3. The third kappa shape index (κ3) is 4.63. The molecule has 1 N–H and O–H groups in total. The minimum Gasteiger partial charge on any atom is -0.497 e. The molecule has 1 aliphatic rings. The minimum atomic E-state index is -0.214. The molecule has 178 valence electrons. The summed E-state index contributed by atoms with van der Waals surface area (Å²) in [5, 5.41) is 4.15. The van der Waals surface area contributed by atoms with E-state index in [1.54, 1.807) is 13.3 Å². The van der Waals surface area contributed by atoms with Crippen molar-refractivity contribution < 1.29 is 14.3 Å². The number of hydrogen-bond acceptors (Lipinski definition) is 5. The predicted octanol–water partition coefficient (Wildman–Crippen LogP) is 4.42. The summed E-state index contributed by atoms with van der Waals surface area (Å²) in [6.07, 6.45) is 2.80. The van der Waals surface area contributed by atoms with E-state index in [1.807, 2.05) is 30.3 Å². The molecular formula is C26H30N4O3S. The third-order valence-electron chi connectivity index (χ3n) is 6.32. The first-order valence-electron chi connectivity index (χ1n) is 11.3. The van der Waals surface area contributed by atoms with Gasteiger partial charge < -0.3 is 24.3 Å². The Morgan fingerprint density at radius 1 is 1.15 bits per heavy atom. The second-order valence-corrected chi connectivity index (χ2v) is 8.75. The Morgan fingerprint density at radius 3 is 2.56 bits per heavy atom. The number of aromatic nitrogens is 2. The Hall–Kier alpha value is -3.39. The lowest BCUT2D eigenvalue weighted by Crippen LogP contribution is -2.31. The van der Waals surface area contributed by atoms with Crippen molar-refractivity contribution >= 4 is 23.3 Å². The Morgan fingerprint density at radius 2 is 1.91 bits per heavy atom. The Balaban J connectivity index is 1.73. The fraction of sp³-hybridized carbons (Fsp3) is 0.346. The van der Waals surface area contributed by atoms with Crippen LogP contribution < -0.4 is 10.1 Å². The zero-order chi connectivity index (χ0) is 24.2. The molecule has 3 aromatic rings. The molecule has 4 rings (SSSR count). The first-order chi connectivity index (χ1) is 16.4. The number of rotatable bonds is 8. The maximum Gasteiger partial charge on any atom is 0.305 e. The average Bonchev–Trinajstić information content (AvgIpc) is 3.34. The van der Waals surface area contributed by atoms with Crippen LogP contribution in [0.2, 0.25) is 0 Å². The Labute approximate surface area is 205 Å². The third-order valence-corrected chi connectivity index (χ3v) is 6.68. The molecule has 8 heteroatoms. The lowest BCUT2D eigenvalue weighted by atomic mass is 9.96. The molecule has 1 aromatic carbocycles. The number of esters is 1. The quantitative estimate of drug-likeness (QED) is 0.380. The SMILES string of the molecule is COC(=O)CCCN1C(=S)N[C@H](c2ccccn2)[C@@H]1c1cc(C)n(-c2ccc(OC)cc2)c1C. The highest BCUT2D eigenvalue weighted by molar-refractivity contribution is 7.80. The van der Waals surface area contributed by atoms with E-state index in [-0.39, 0.29) is 18.1 Å². The fourth-order valence-corrected chi connectivity index (χ4v) is 5.03. The van der Waals surface area contributed by atoms with Gasteiger partial charge in [-0.1, -0.05) is 6.07 Å². The summed E-state index contributed by atoms with van der Waals surface area (Å²) >= 11 is 5.76. The van der Waals surface area contributed by atoms with Crippen LogP contribution in [-0.4, -0.2) is 46.3 Å². The van der Waals surface area contributed by atoms with Crippen molar-refractivity contribution in [3.63, 3.8) is 0 Å². The van der Waals surface area contributed by atoms with Crippen LogP contribution in [0, 0.1) is 13.8 Å². The molecule has 2 atom stereocenters. The summed E-state index contributed by atoms with van der Waals surface area (Å²) in [6, 6.07) is 16.0. The van der Waals surface area contributed by atoms with E-state index in [2.05, 4.69) is 51.8 Å². The Bertz CT molecular complexity index is 1160. The van der Waals surface area contributed by atoms with E-state index in [4.69, 9.17) is 21.7 Å². The fourth-order valence-electron chi connectivity index (χ4n) is 4.70. The topological polar surface area (TPSA) is 68.6 Å². The molecule has 2 aromatic heterocycles. The van der Waals surface area contributed by atoms with Gasteiger partial charge in [-0.15, -0.1) is 0 Å². The highest BCUT2D eigenvalue weighted by Gasteiger charge is 2.41. The summed E-state index contributed by atoms with van der Waals surface area (Å²) in [5.41, 5.74) is 5.44. The van der Waals surface area contributed by atoms with Crippen LogP contribution >= 0.6 is 12.2 Å². The van der Waals surface area contributed by atoms with Crippen LogP contribution in [0.15, 0.2) is 54.7 Å². The number of nitrogens with zero attached hydrogens (tertiary/aromatic N) is 3. The van der Waals surface area contributed by atoms with Gasteiger partial charge in [0.15, 0.2) is 5.11 Å². The number of benzene rings is 1. The van der Waals surface area contributed by atoms with Crippen molar-refractivity contribution in [2.24, 2.45) is 0 Å². The summed E-state index contributed by atoms with van der Waals surface area (Å²) in [4.78, 5) is 18.5. The molecule has 0 unspecified atom stereocenters. The standard InChI is InChI=1S/C26H30N4O3S/c1-17-16-21(18(2)30(17)19-10-12-20(32-3)13-11-19)25-24(22-8-5-6-14-27-22)28-26(34)29(25)15-7-9-23(31)33-4/h5-6,8,10-14,16,24-25H,7,9,15H2,1-4H3,(H,28,34)/t24-,25+/m1/s1. The maximum atomic E-state index is 11.7.